The molecule has 1 rings (SSSR count). The van der Waals surface area contributed by atoms with Gasteiger partial charge in [-0.15, -0.1) is 11.6 Å². The van der Waals surface area contributed by atoms with Crippen LogP contribution < -0.4 is 4.72 Å². The molecule has 1 aromatic rings. The number of hydrogen-bond acceptors (Lipinski definition) is 3. The van der Waals surface area contributed by atoms with Crippen LogP contribution in [0.5, 0.6) is 0 Å². The Hall–Kier alpha value is -0.590. The highest BCUT2D eigenvalue weighted by molar-refractivity contribution is 7.89. The minimum absolute atomic E-state index is 0.0406. The van der Waals surface area contributed by atoms with E-state index in [1.165, 1.54) is 0 Å². The Balaban J connectivity index is 2.35. The third-order valence-corrected chi connectivity index (χ3v) is 4.37. The predicted molar refractivity (Wildman–Crippen MR) is 68.6 cm³/mol. The quantitative estimate of drug-likeness (QED) is 0.757. The van der Waals surface area contributed by atoms with Crippen LogP contribution in [0.1, 0.15) is 12.5 Å². The van der Waals surface area contributed by atoms with Crippen LogP contribution in [0.25, 0.3) is 0 Å². The number of aromatic nitrogens is 2. The van der Waals surface area contributed by atoms with Crippen LogP contribution in [0.4, 0.5) is 0 Å². The normalized spacial score (nSPS) is 13.8. The van der Waals surface area contributed by atoms with Gasteiger partial charge in [-0.05, 0) is 18.4 Å². The van der Waals surface area contributed by atoms with Crippen LogP contribution in [0.15, 0.2) is 12.4 Å². The lowest BCUT2D eigenvalue weighted by Gasteiger charge is -2.10. The van der Waals surface area contributed by atoms with Gasteiger partial charge in [0.2, 0.25) is 10.0 Å². The molecular formula is C10H18ClN3O2S. The van der Waals surface area contributed by atoms with Gasteiger partial charge in [-0.1, -0.05) is 6.92 Å². The molecule has 1 N–H and O–H groups in total. The zero-order valence-corrected chi connectivity index (χ0v) is 11.6. The van der Waals surface area contributed by atoms with Crippen molar-refractivity contribution < 1.29 is 8.42 Å². The molecule has 0 aliphatic heterocycles. The average molecular weight is 280 g/mol. The van der Waals surface area contributed by atoms with E-state index in [4.69, 9.17) is 11.6 Å². The molecule has 0 fully saturated rings. The smallest absolute Gasteiger partial charge is 0.211 e. The standard InChI is InChI=1S/C10H18ClN3O2S/c1-9(5-11)8-17(15,16)13-3-4-14-7-10(2)6-12-14/h6-7,9,13H,3-5,8H2,1-2H3. The zero-order valence-electron chi connectivity index (χ0n) is 10.1. The number of nitrogens with zero attached hydrogens (tertiary/aromatic N) is 2. The van der Waals surface area contributed by atoms with E-state index in [1.807, 2.05) is 20.0 Å². The van der Waals surface area contributed by atoms with E-state index in [1.54, 1.807) is 10.9 Å². The van der Waals surface area contributed by atoms with Crippen LogP contribution in [-0.2, 0) is 16.6 Å². The summed E-state index contributed by atoms with van der Waals surface area (Å²) in [6.07, 6.45) is 3.61. The molecule has 5 nitrogen and oxygen atoms in total. The maximum absolute atomic E-state index is 11.6. The number of rotatable bonds is 7. The topological polar surface area (TPSA) is 64.0 Å². The van der Waals surface area contributed by atoms with Crippen molar-refractivity contribution in [2.75, 3.05) is 18.2 Å². The lowest BCUT2D eigenvalue weighted by molar-refractivity contribution is 0.552. The van der Waals surface area contributed by atoms with Crippen LogP contribution in [0.3, 0.4) is 0 Å². The van der Waals surface area contributed by atoms with E-state index < -0.39 is 10.0 Å². The van der Waals surface area contributed by atoms with Gasteiger partial charge in [-0.2, -0.15) is 5.10 Å². The average Bonchev–Trinajstić information content (AvgIpc) is 2.63. The first-order valence-corrected chi connectivity index (χ1v) is 7.64. The molecule has 7 heteroatoms. The van der Waals surface area contributed by atoms with Gasteiger partial charge >= 0.3 is 0 Å². The summed E-state index contributed by atoms with van der Waals surface area (Å²) in [6, 6.07) is 0. The summed E-state index contributed by atoms with van der Waals surface area (Å²) in [5.41, 5.74) is 1.06. The monoisotopic (exact) mass is 279 g/mol. The van der Waals surface area contributed by atoms with Crippen molar-refractivity contribution in [1.82, 2.24) is 14.5 Å². The van der Waals surface area contributed by atoms with Gasteiger partial charge in [0.25, 0.3) is 0 Å². The number of alkyl halides is 1. The van der Waals surface area contributed by atoms with Gasteiger partial charge < -0.3 is 0 Å². The second kappa shape index (κ2) is 6.37. The number of sulfonamides is 1. The molecule has 0 bridgehead atoms. The van der Waals surface area contributed by atoms with Crippen LogP contribution in [0, 0.1) is 12.8 Å². The summed E-state index contributed by atoms with van der Waals surface area (Å²) in [6.45, 7) is 4.62. The van der Waals surface area contributed by atoms with E-state index >= 15 is 0 Å². The molecule has 98 valence electrons. The summed E-state index contributed by atoms with van der Waals surface area (Å²) in [7, 11) is -3.23. The SMILES string of the molecule is Cc1cnn(CCNS(=O)(=O)CC(C)CCl)c1. The van der Waals surface area contributed by atoms with Gasteiger partial charge in [0.05, 0.1) is 18.5 Å². The third kappa shape index (κ3) is 5.52. The molecular weight excluding hydrogens is 262 g/mol. The largest absolute Gasteiger partial charge is 0.271 e. The highest BCUT2D eigenvalue weighted by Gasteiger charge is 2.14. The lowest BCUT2D eigenvalue weighted by atomic mass is 10.3. The van der Waals surface area contributed by atoms with Crippen LogP contribution in [0.2, 0.25) is 0 Å². The van der Waals surface area contributed by atoms with Crippen molar-refractivity contribution in [1.29, 1.82) is 0 Å². The summed E-state index contributed by atoms with van der Waals surface area (Å²) in [5, 5.41) is 4.07. The summed E-state index contributed by atoms with van der Waals surface area (Å²) >= 11 is 5.58. The number of halogens is 1. The van der Waals surface area contributed by atoms with Crippen LogP contribution >= 0.6 is 11.6 Å². The Labute approximate surface area is 107 Å². The minimum atomic E-state index is -3.23. The first-order chi connectivity index (χ1) is 7.93. The molecule has 0 aliphatic carbocycles. The molecule has 17 heavy (non-hydrogen) atoms. The summed E-state index contributed by atoms with van der Waals surface area (Å²) < 4.78 is 27.4. The third-order valence-electron chi connectivity index (χ3n) is 2.19. The first kappa shape index (κ1) is 14.5. The van der Waals surface area contributed by atoms with Crippen molar-refractivity contribution in [3.8, 4) is 0 Å². The second-order valence-corrected chi connectivity index (χ2v) is 6.38. The van der Waals surface area contributed by atoms with Gasteiger partial charge in [0.1, 0.15) is 0 Å². The van der Waals surface area contributed by atoms with Crippen molar-refractivity contribution in [2.45, 2.75) is 20.4 Å². The van der Waals surface area contributed by atoms with E-state index in [-0.39, 0.29) is 11.7 Å². The van der Waals surface area contributed by atoms with Crippen molar-refractivity contribution in [3.63, 3.8) is 0 Å². The van der Waals surface area contributed by atoms with Gasteiger partial charge in [0.15, 0.2) is 0 Å². The molecule has 0 saturated heterocycles. The Morgan fingerprint density at radius 1 is 1.59 bits per heavy atom. The lowest BCUT2D eigenvalue weighted by Crippen LogP contribution is -2.32. The van der Waals surface area contributed by atoms with Crippen LogP contribution in [-0.4, -0.2) is 36.4 Å². The Morgan fingerprint density at radius 2 is 2.29 bits per heavy atom. The van der Waals surface area contributed by atoms with Gasteiger partial charge in [0, 0.05) is 18.6 Å². The number of nitrogens with one attached hydrogen (secondary N) is 1. The summed E-state index contributed by atoms with van der Waals surface area (Å²) in [5.74, 6) is 0.370. The maximum Gasteiger partial charge on any atom is 0.211 e. The highest BCUT2D eigenvalue weighted by Crippen LogP contribution is 2.01. The highest BCUT2D eigenvalue weighted by atomic mass is 35.5. The van der Waals surface area contributed by atoms with E-state index in [0.29, 0.717) is 19.0 Å². The molecule has 0 radical (unpaired) electrons. The molecule has 0 saturated carbocycles. The molecule has 1 unspecified atom stereocenters. The van der Waals surface area contributed by atoms with Gasteiger partial charge in [-0.3, -0.25) is 4.68 Å². The van der Waals surface area contributed by atoms with E-state index in [2.05, 4.69) is 9.82 Å². The van der Waals surface area contributed by atoms with Crippen molar-refractivity contribution in [2.24, 2.45) is 5.92 Å². The molecule has 0 spiro atoms. The van der Waals surface area contributed by atoms with E-state index in [0.717, 1.165) is 5.56 Å². The fraction of sp³-hybridized carbons (Fsp3) is 0.700. The minimum Gasteiger partial charge on any atom is -0.271 e. The molecule has 1 aromatic heterocycles. The molecule has 0 amide bonds. The molecule has 0 aliphatic rings. The number of aryl methyl sites for hydroxylation is 1. The second-order valence-electron chi connectivity index (χ2n) is 4.22. The first-order valence-electron chi connectivity index (χ1n) is 5.45. The Kier molecular flexibility index (Phi) is 5.42. The number of hydrogen-bond donors (Lipinski definition) is 1. The molecule has 1 atom stereocenters. The van der Waals surface area contributed by atoms with Gasteiger partial charge in [-0.25, -0.2) is 13.1 Å². The Morgan fingerprint density at radius 3 is 2.82 bits per heavy atom. The predicted octanol–water partition coefficient (Wildman–Crippen LogP) is 0.986. The Bertz CT molecular complexity index is 444. The zero-order chi connectivity index (χ0) is 12.9. The molecule has 1 heterocycles. The van der Waals surface area contributed by atoms with E-state index in [9.17, 15) is 8.42 Å². The van der Waals surface area contributed by atoms with Crippen molar-refractivity contribution >= 4 is 21.6 Å². The van der Waals surface area contributed by atoms with Crippen molar-refractivity contribution in [3.05, 3.63) is 18.0 Å². The molecule has 0 aromatic carbocycles. The maximum atomic E-state index is 11.6. The fourth-order valence-electron chi connectivity index (χ4n) is 1.38. The summed E-state index contributed by atoms with van der Waals surface area (Å²) in [4.78, 5) is 0. The fourth-order valence-corrected chi connectivity index (χ4v) is 3.01.